The van der Waals surface area contributed by atoms with E-state index < -0.39 is 11.6 Å². The van der Waals surface area contributed by atoms with Crippen molar-refractivity contribution in [3.8, 4) is 11.4 Å². The third kappa shape index (κ3) is 2.36. The van der Waals surface area contributed by atoms with Gasteiger partial charge in [0.25, 0.3) is 0 Å². The van der Waals surface area contributed by atoms with Crippen LogP contribution < -0.4 is 0 Å². The number of fused-ring (bicyclic) bond motifs is 1. The molecule has 0 saturated heterocycles. The van der Waals surface area contributed by atoms with Gasteiger partial charge in [0.1, 0.15) is 16.5 Å². The second kappa shape index (κ2) is 5.04. The van der Waals surface area contributed by atoms with Crippen molar-refractivity contribution >= 4 is 22.5 Å². The molecular weight excluding hydrogens is 294 g/mol. The van der Waals surface area contributed by atoms with Gasteiger partial charge in [-0.3, -0.25) is 0 Å². The first-order valence-electron chi connectivity index (χ1n) is 6.36. The van der Waals surface area contributed by atoms with Gasteiger partial charge in [-0.1, -0.05) is 29.8 Å². The molecule has 2 nitrogen and oxygen atoms in total. The third-order valence-corrected chi connectivity index (χ3v) is 3.67. The highest BCUT2D eigenvalue weighted by Crippen LogP contribution is 2.30. The highest BCUT2D eigenvalue weighted by molar-refractivity contribution is 6.34. The van der Waals surface area contributed by atoms with Gasteiger partial charge in [0, 0.05) is 17.0 Å². The van der Waals surface area contributed by atoms with Gasteiger partial charge in [-0.05, 0) is 31.0 Å². The number of halogens is 3. The summed E-state index contributed by atoms with van der Waals surface area (Å²) in [4.78, 5) is 8.43. The van der Waals surface area contributed by atoms with Crippen LogP contribution in [0.15, 0.2) is 30.3 Å². The van der Waals surface area contributed by atoms with Gasteiger partial charge >= 0.3 is 0 Å². The van der Waals surface area contributed by atoms with Gasteiger partial charge in [0.2, 0.25) is 0 Å². The lowest BCUT2D eigenvalue weighted by molar-refractivity contribution is 0.590. The Morgan fingerprint density at radius 3 is 2.33 bits per heavy atom. The Labute approximate surface area is 125 Å². The lowest BCUT2D eigenvalue weighted by Gasteiger charge is -2.10. The van der Waals surface area contributed by atoms with E-state index in [0.717, 1.165) is 28.8 Å². The SMILES string of the molecule is Cc1cccc(C)c1-c1nc(Cl)c2cc(F)cc(F)c2n1. The van der Waals surface area contributed by atoms with Crippen molar-refractivity contribution in [2.24, 2.45) is 0 Å². The second-order valence-electron chi connectivity index (χ2n) is 4.89. The molecule has 0 radical (unpaired) electrons. The van der Waals surface area contributed by atoms with Crippen LogP contribution >= 0.6 is 11.6 Å². The molecule has 1 aromatic heterocycles. The number of hydrogen-bond donors (Lipinski definition) is 0. The summed E-state index contributed by atoms with van der Waals surface area (Å²) in [6.45, 7) is 3.84. The second-order valence-corrected chi connectivity index (χ2v) is 5.25. The highest BCUT2D eigenvalue weighted by Gasteiger charge is 2.15. The summed E-state index contributed by atoms with van der Waals surface area (Å²) in [5.41, 5.74) is 2.76. The van der Waals surface area contributed by atoms with E-state index in [2.05, 4.69) is 9.97 Å². The van der Waals surface area contributed by atoms with E-state index in [1.807, 2.05) is 32.0 Å². The zero-order valence-electron chi connectivity index (χ0n) is 11.4. The molecule has 0 atom stereocenters. The van der Waals surface area contributed by atoms with E-state index in [9.17, 15) is 8.78 Å². The minimum absolute atomic E-state index is 0.0223. The number of hydrogen-bond acceptors (Lipinski definition) is 2. The van der Waals surface area contributed by atoms with E-state index in [1.54, 1.807) is 0 Å². The van der Waals surface area contributed by atoms with Crippen molar-refractivity contribution in [1.29, 1.82) is 0 Å². The molecule has 0 aliphatic heterocycles. The maximum Gasteiger partial charge on any atom is 0.162 e. The van der Waals surface area contributed by atoms with Gasteiger partial charge in [-0.15, -0.1) is 0 Å². The fraction of sp³-hybridized carbons (Fsp3) is 0.125. The maximum atomic E-state index is 13.9. The summed E-state index contributed by atoms with van der Waals surface area (Å²) >= 11 is 6.08. The Balaban J connectivity index is 2.36. The number of aromatic nitrogens is 2. The fourth-order valence-corrected chi connectivity index (χ4v) is 2.62. The van der Waals surface area contributed by atoms with Crippen LogP contribution in [0.3, 0.4) is 0 Å². The molecule has 3 aromatic rings. The summed E-state index contributed by atoms with van der Waals surface area (Å²) in [6, 6.07) is 7.69. The van der Waals surface area contributed by atoms with E-state index >= 15 is 0 Å². The molecule has 0 spiro atoms. The number of aryl methyl sites for hydroxylation is 2. The Morgan fingerprint density at radius 2 is 1.67 bits per heavy atom. The van der Waals surface area contributed by atoms with Gasteiger partial charge < -0.3 is 0 Å². The Bertz CT molecular complexity index is 842. The van der Waals surface area contributed by atoms with Crippen molar-refractivity contribution in [2.45, 2.75) is 13.8 Å². The number of benzene rings is 2. The molecule has 2 aromatic carbocycles. The molecule has 0 bridgehead atoms. The first-order valence-corrected chi connectivity index (χ1v) is 6.74. The quantitative estimate of drug-likeness (QED) is 0.601. The van der Waals surface area contributed by atoms with Crippen molar-refractivity contribution in [3.05, 3.63) is 58.2 Å². The Morgan fingerprint density at radius 1 is 1.00 bits per heavy atom. The molecule has 0 aliphatic rings. The molecule has 0 unspecified atom stereocenters. The first-order chi connectivity index (χ1) is 9.97. The zero-order valence-corrected chi connectivity index (χ0v) is 12.2. The molecule has 0 fully saturated rings. The minimum Gasteiger partial charge on any atom is -0.225 e. The summed E-state index contributed by atoms with van der Waals surface area (Å²) in [5.74, 6) is -1.11. The third-order valence-electron chi connectivity index (χ3n) is 3.38. The first kappa shape index (κ1) is 13.9. The minimum atomic E-state index is -0.748. The predicted molar refractivity (Wildman–Crippen MR) is 79.4 cm³/mol. The number of nitrogens with zero attached hydrogens (tertiary/aromatic N) is 2. The van der Waals surface area contributed by atoms with Gasteiger partial charge in [-0.25, -0.2) is 18.7 Å². The molecule has 21 heavy (non-hydrogen) atoms. The van der Waals surface area contributed by atoms with Gasteiger partial charge in [0.05, 0.1) is 0 Å². The highest BCUT2D eigenvalue weighted by atomic mass is 35.5. The maximum absolute atomic E-state index is 13.9. The van der Waals surface area contributed by atoms with E-state index in [0.29, 0.717) is 5.82 Å². The van der Waals surface area contributed by atoms with Crippen LogP contribution in [0.25, 0.3) is 22.3 Å². The summed E-state index contributed by atoms with van der Waals surface area (Å²) in [6.07, 6.45) is 0. The van der Waals surface area contributed by atoms with Gasteiger partial charge in [-0.2, -0.15) is 0 Å². The summed E-state index contributed by atoms with van der Waals surface area (Å²) < 4.78 is 27.2. The molecule has 106 valence electrons. The van der Waals surface area contributed by atoms with Crippen LogP contribution in [0, 0.1) is 25.5 Å². The van der Waals surface area contributed by atoms with Crippen LogP contribution in [0.4, 0.5) is 8.78 Å². The molecule has 1 heterocycles. The van der Waals surface area contributed by atoms with Crippen LogP contribution in [0.2, 0.25) is 5.15 Å². The number of rotatable bonds is 1. The largest absolute Gasteiger partial charge is 0.225 e. The van der Waals surface area contributed by atoms with Crippen molar-refractivity contribution in [2.75, 3.05) is 0 Å². The average molecular weight is 305 g/mol. The molecule has 5 heteroatoms. The lowest BCUT2D eigenvalue weighted by atomic mass is 10.0. The molecule has 3 rings (SSSR count). The molecule has 0 N–H and O–H groups in total. The monoisotopic (exact) mass is 304 g/mol. The molecule has 0 saturated carbocycles. The summed E-state index contributed by atoms with van der Waals surface area (Å²) in [5, 5.41) is 0.209. The van der Waals surface area contributed by atoms with Crippen LogP contribution in [0.5, 0.6) is 0 Å². The standard InChI is InChI=1S/C16H11ClF2N2/c1-8-4-3-5-9(2)13(8)16-20-14-11(15(17)21-16)6-10(18)7-12(14)19/h3-7H,1-2H3. The normalized spacial score (nSPS) is 11.1. The van der Waals surface area contributed by atoms with E-state index in [4.69, 9.17) is 11.6 Å². The predicted octanol–water partition coefficient (Wildman–Crippen LogP) is 4.85. The topological polar surface area (TPSA) is 25.8 Å². The molecule has 0 amide bonds. The van der Waals surface area contributed by atoms with Gasteiger partial charge in [0.15, 0.2) is 11.6 Å². The molecule has 0 aliphatic carbocycles. The van der Waals surface area contributed by atoms with Crippen molar-refractivity contribution < 1.29 is 8.78 Å². The van der Waals surface area contributed by atoms with E-state index in [-0.39, 0.29) is 16.1 Å². The van der Waals surface area contributed by atoms with Crippen LogP contribution in [0.1, 0.15) is 11.1 Å². The molecular formula is C16H11ClF2N2. The fourth-order valence-electron chi connectivity index (χ4n) is 2.40. The van der Waals surface area contributed by atoms with Crippen molar-refractivity contribution in [1.82, 2.24) is 9.97 Å². The van der Waals surface area contributed by atoms with Crippen LogP contribution in [-0.4, -0.2) is 9.97 Å². The smallest absolute Gasteiger partial charge is 0.162 e. The summed E-state index contributed by atoms with van der Waals surface area (Å²) in [7, 11) is 0. The average Bonchev–Trinajstić information content (AvgIpc) is 2.40. The van der Waals surface area contributed by atoms with Crippen molar-refractivity contribution in [3.63, 3.8) is 0 Å². The zero-order chi connectivity index (χ0) is 15.1. The lowest BCUT2D eigenvalue weighted by Crippen LogP contribution is -1.98. The Hall–Kier alpha value is -2.07. The van der Waals surface area contributed by atoms with E-state index in [1.165, 1.54) is 0 Å². The van der Waals surface area contributed by atoms with Crippen LogP contribution in [-0.2, 0) is 0 Å². The Kier molecular flexibility index (Phi) is 3.33.